The van der Waals surface area contributed by atoms with Crippen molar-refractivity contribution in [3.05, 3.63) is 130 Å². The van der Waals surface area contributed by atoms with Gasteiger partial charge in [0.25, 0.3) is 0 Å². The largest absolute Gasteiger partial charge is 0.352 e. The normalized spacial score (nSPS) is 23.0. The number of nitrogens with zero attached hydrogens (tertiary/aromatic N) is 1. The average molecular weight is 488 g/mol. The lowest BCUT2D eigenvalue weighted by Gasteiger charge is -2.37. The summed E-state index contributed by atoms with van der Waals surface area (Å²) in [5.41, 5.74) is 2.11. The van der Waals surface area contributed by atoms with Crippen LogP contribution in [0.15, 0.2) is 102 Å². The van der Waals surface area contributed by atoms with Crippen LogP contribution in [0.5, 0.6) is 0 Å². The zero-order valence-corrected chi connectivity index (χ0v) is 20.0. The third kappa shape index (κ3) is 2.61. The van der Waals surface area contributed by atoms with Gasteiger partial charge in [0, 0.05) is 22.7 Å². The van der Waals surface area contributed by atoms with Crippen molar-refractivity contribution in [3.8, 4) is 0 Å². The van der Waals surface area contributed by atoms with Gasteiger partial charge in [-0.2, -0.15) is 0 Å². The molecule has 3 aliphatic rings. The van der Waals surface area contributed by atoms with Crippen molar-refractivity contribution in [1.29, 1.82) is 0 Å². The fourth-order valence-corrected chi connectivity index (χ4v) is 7.21. The number of carbonyl (C=O) groups is 3. The summed E-state index contributed by atoms with van der Waals surface area (Å²) in [6, 6.07) is 27.0. The Morgan fingerprint density at radius 2 is 1.44 bits per heavy atom. The van der Waals surface area contributed by atoms with E-state index in [0.29, 0.717) is 16.0 Å². The number of anilines is 1. The number of thiophene rings is 1. The van der Waals surface area contributed by atoms with E-state index in [1.54, 1.807) is 24.3 Å². The standard InChI is InChI=1S/C31H21NO3S/c33-28(24-15-8-18-36-24)27-26(20-10-2-1-3-11-20)31(29(34)21-12-5-6-13-22(21)30(31)35)25-17-16-19-9-4-7-14-23(19)32(25)27/h1-18,25-27H/t25?,26-,27+/m0/s1. The van der Waals surface area contributed by atoms with Crippen molar-refractivity contribution in [2.24, 2.45) is 5.41 Å². The van der Waals surface area contributed by atoms with Gasteiger partial charge < -0.3 is 4.90 Å². The number of carbonyl (C=O) groups excluding carboxylic acids is 3. The predicted octanol–water partition coefficient (Wildman–Crippen LogP) is 6.06. The molecule has 0 saturated carbocycles. The quantitative estimate of drug-likeness (QED) is 0.260. The maximum absolute atomic E-state index is 14.4. The first-order chi connectivity index (χ1) is 17.6. The van der Waals surface area contributed by atoms with Crippen molar-refractivity contribution >= 4 is 40.4 Å². The Balaban J connectivity index is 1.56. The summed E-state index contributed by atoms with van der Waals surface area (Å²) < 4.78 is 0. The number of hydrogen-bond acceptors (Lipinski definition) is 5. The summed E-state index contributed by atoms with van der Waals surface area (Å²) >= 11 is 1.39. The molecule has 0 amide bonds. The SMILES string of the molecule is O=C(c1cccs1)[C@H]1[C@H](c2ccccc2)C2(C(=O)c3ccccc3C2=O)C2C=Cc3ccccc3N21. The molecule has 4 aromatic rings. The van der Waals surface area contributed by atoms with Gasteiger partial charge in [0.2, 0.25) is 0 Å². The lowest BCUT2D eigenvalue weighted by molar-refractivity contribution is 0.0666. The molecule has 2 aliphatic heterocycles. The fraction of sp³-hybridized carbons (Fsp3) is 0.129. The number of fused-ring (bicyclic) bond motifs is 5. The first-order valence-corrected chi connectivity index (χ1v) is 12.9. The molecule has 1 spiro atoms. The third-order valence-corrected chi connectivity index (χ3v) is 8.79. The summed E-state index contributed by atoms with van der Waals surface area (Å²) in [5.74, 6) is -1.11. The molecule has 4 nitrogen and oxygen atoms in total. The number of Topliss-reactive ketones (excluding diaryl/α,β-unsaturated/α-hetero) is 3. The molecular formula is C31H21NO3S. The summed E-state index contributed by atoms with van der Waals surface area (Å²) in [6.07, 6.45) is 3.95. The van der Waals surface area contributed by atoms with E-state index in [4.69, 9.17) is 0 Å². The molecule has 1 unspecified atom stereocenters. The minimum absolute atomic E-state index is 0.0672. The highest BCUT2D eigenvalue weighted by molar-refractivity contribution is 7.12. The highest BCUT2D eigenvalue weighted by Gasteiger charge is 2.71. The Bertz CT molecular complexity index is 1540. The van der Waals surface area contributed by atoms with E-state index in [0.717, 1.165) is 16.8 Å². The molecule has 0 bridgehead atoms. The van der Waals surface area contributed by atoms with Gasteiger partial charge in [-0.15, -0.1) is 11.3 Å². The Morgan fingerprint density at radius 3 is 2.14 bits per heavy atom. The van der Waals surface area contributed by atoms with E-state index in [9.17, 15) is 14.4 Å². The molecule has 36 heavy (non-hydrogen) atoms. The van der Waals surface area contributed by atoms with Crippen LogP contribution in [-0.2, 0) is 0 Å². The Morgan fingerprint density at radius 1 is 0.778 bits per heavy atom. The molecular weight excluding hydrogens is 466 g/mol. The second-order valence-electron chi connectivity index (χ2n) is 9.52. The van der Waals surface area contributed by atoms with Crippen molar-refractivity contribution in [2.45, 2.75) is 18.0 Å². The van der Waals surface area contributed by atoms with Crippen LogP contribution in [0.4, 0.5) is 5.69 Å². The first-order valence-electron chi connectivity index (χ1n) is 12.0. The second kappa shape index (κ2) is 7.70. The van der Waals surface area contributed by atoms with Gasteiger partial charge in [0.1, 0.15) is 11.5 Å². The average Bonchev–Trinajstić information content (AvgIpc) is 3.63. The number of para-hydroxylation sites is 1. The maximum atomic E-state index is 14.4. The molecule has 5 heteroatoms. The highest BCUT2D eigenvalue weighted by Crippen LogP contribution is 2.60. The molecule has 1 aliphatic carbocycles. The summed E-state index contributed by atoms with van der Waals surface area (Å²) in [7, 11) is 0. The van der Waals surface area contributed by atoms with Crippen LogP contribution in [0, 0.1) is 5.41 Å². The Labute approximate surface area is 212 Å². The van der Waals surface area contributed by atoms with Crippen LogP contribution >= 0.6 is 11.3 Å². The fourth-order valence-electron chi connectivity index (χ4n) is 6.52. The van der Waals surface area contributed by atoms with Crippen LogP contribution in [-0.4, -0.2) is 29.4 Å². The zero-order chi connectivity index (χ0) is 24.4. The van der Waals surface area contributed by atoms with E-state index in [1.165, 1.54) is 11.3 Å². The van der Waals surface area contributed by atoms with E-state index in [-0.39, 0.29) is 17.3 Å². The third-order valence-electron chi connectivity index (χ3n) is 7.90. The van der Waals surface area contributed by atoms with Gasteiger partial charge >= 0.3 is 0 Å². The molecule has 3 aromatic carbocycles. The minimum atomic E-state index is -1.44. The van der Waals surface area contributed by atoms with Gasteiger partial charge in [-0.05, 0) is 28.6 Å². The van der Waals surface area contributed by atoms with Gasteiger partial charge in [-0.1, -0.05) is 91.0 Å². The van der Waals surface area contributed by atoms with Crippen molar-refractivity contribution in [2.75, 3.05) is 4.90 Å². The van der Waals surface area contributed by atoms with Crippen LogP contribution < -0.4 is 4.90 Å². The molecule has 0 radical (unpaired) electrons. The molecule has 1 fully saturated rings. The van der Waals surface area contributed by atoms with Crippen LogP contribution in [0.1, 0.15) is 47.4 Å². The van der Waals surface area contributed by atoms with Crippen LogP contribution in [0.2, 0.25) is 0 Å². The predicted molar refractivity (Wildman–Crippen MR) is 141 cm³/mol. The van der Waals surface area contributed by atoms with Crippen LogP contribution in [0.3, 0.4) is 0 Å². The lowest BCUT2D eigenvalue weighted by Crippen LogP contribution is -2.48. The highest BCUT2D eigenvalue weighted by atomic mass is 32.1. The molecule has 7 rings (SSSR count). The van der Waals surface area contributed by atoms with Gasteiger partial charge in [0.05, 0.1) is 10.9 Å². The van der Waals surface area contributed by atoms with Crippen molar-refractivity contribution < 1.29 is 14.4 Å². The number of hydrogen-bond donors (Lipinski definition) is 0. The smallest absolute Gasteiger partial charge is 0.195 e. The first kappa shape index (κ1) is 21.2. The van der Waals surface area contributed by atoms with Crippen molar-refractivity contribution in [1.82, 2.24) is 0 Å². The Hall–Kier alpha value is -4.09. The van der Waals surface area contributed by atoms with Gasteiger partial charge in [0.15, 0.2) is 17.3 Å². The molecule has 3 atom stereocenters. The topological polar surface area (TPSA) is 54.5 Å². The van der Waals surface area contributed by atoms with E-state index < -0.39 is 23.4 Å². The molecule has 3 heterocycles. The number of ketones is 3. The van der Waals surface area contributed by atoms with Gasteiger partial charge in [-0.3, -0.25) is 14.4 Å². The monoisotopic (exact) mass is 487 g/mol. The van der Waals surface area contributed by atoms with E-state index in [1.807, 2.05) is 84.3 Å². The Kier molecular flexibility index (Phi) is 4.54. The van der Waals surface area contributed by atoms with Gasteiger partial charge in [-0.25, -0.2) is 0 Å². The maximum Gasteiger partial charge on any atom is 0.195 e. The summed E-state index contributed by atoms with van der Waals surface area (Å²) in [6.45, 7) is 0. The summed E-state index contributed by atoms with van der Waals surface area (Å²) in [4.78, 5) is 45.9. The zero-order valence-electron chi connectivity index (χ0n) is 19.2. The van der Waals surface area contributed by atoms with E-state index in [2.05, 4.69) is 4.90 Å². The number of benzene rings is 3. The molecule has 1 aromatic heterocycles. The number of rotatable bonds is 3. The molecule has 1 saturated heterocycles. The summed E-state index contributed by atoms with van der Waals surface area (Å²) in [5, 5.41) is 1.89. The van der Waals surface area contributed by atoms with Crippen molar-refractivity contribution in [3.63, 3.8) is 0 Å². The van der Waals surface area contributed by atoms with Crippen LogP contribution in [0.25, 0.3) is 6.08 Å². The molecule has 0 N–H and O–H groups in total. The molecule has 174 valence electrons. The second-order valence-corrected chi connectivity index (χ2v) is 10.5. The minimum Gasteiger partial charge on any atom is -0.352 e. The van der Waals surface area contributed by atoms with E-state index >= 15 is 0 Å². The lowest BCUT2D eigenvalue weighted by atomic mass is 9.64.